The zero-order valence-corrected chi connectivity index (χ0v) is 9.00. The van der Waals surface area contributed by atoms with E-state index >= 15 is 0 Å². The van der Waals surface area contributed by atoms with Crippen molar-refractivity contribution in [2.75, 3.05) is 5.32 Å². The quantitative estimate of drug-likeness (QED) is 0.734. The highest BCUT2D eigenvalue weighted by atomic mass is 35.5. The second-order valence-electron chi connectivity index (χ2n) is 3.96. The summed E-state index contributed by atoms with van der Waals surface area (Å²) in [4.78, 5) is 0. The van der Waals surface area contributed by atoms with E-state index in [-0.39, 0.29) is 0 Å². The SMILES string of the molecule is ClC1CCC(Nc2ccccc2)CC1. The van der Waals surface area contributed by atoms with Crippen molar-refractivity contribution in [2.24, 2.45) is 0 Å². The van der Waals surface area contributed by atoms with Crippen LogP contribution in [-0.2, 0) is 0 Å². The van der Waals surface area contributed by atoms with Crippen LogP contribution in [0.1, 0.15) is 25.7 Å². The Morgan fingerprint density at radius 2 is 1.64 bits per heavy atom. The van der Waals surface area contributed by atoms with E-state index in [0.29, 0.717) is 11.4 Å². The van der Waals surface area contributed by atoms with E-state index in [2.05, 4.69) is 29.6 Å². The Morgan fingerprint density at radius 3 is 2.29 bits per heavy atom. The van der Waals surface area contributed by atoms with Crippen molar-refractivity contribution in [3.63, 3.8) is 0 Å². The topological polar surface area (TPSA) is 12.0 Å². The second-order valence-corrected chi connectivity index (χ2v) is 4.58. The minimum Gasteiger partial charge on any atom is -0.382 e. The van der Waals surface area contributed by atoms with Crippen molar-refractivity contribution in [1.82, 2.24) is 0 Å². The fraction of sp³-hybridized carbons (Fsp3) is 0.500. The zero-order valence-electron chi connectivity index (χ0n) is 8.25. The minimum absolute atomic E-state index is 0.406. The number of anilines is 1. The molecule has 0 unspecified atom stereocenters. The summed E-state index contributed by atoms with van der Waals surface area (Å²) in [7, 11) is 0. The molecule has 1 aliphatic carbocycles. The van der Waals surface area contributed by atoms with Gasteiger partial charge in [-0.2, -0.15) is 0 Å². The van der Waals surface area contributed by atoms with Crippen molar-refractivity contribution in [1.29, 1.82) is 0 Å². The molecule has 0 radical (unpaired) electrons. The Balaban J connectivity index is 1.87. The maximum Gasteiger partial charge on any atom is 0.0342 e. The van der Waals surface area contributed by atoms with Gasteiger partial charge in [0, 0.05) is 17.1 Å². The Hall–Kier alpha value is -0.690. The molecule has 1 saturated carbocycles. The van der Waals surface area contributed by atoms with Gasteiger partial charge in [-0.25, -0.2) is 0 Å². The van der Waals surface area contributed by atoms with E-state index in [1.165, 1.54) is 18.5 Å². The summed E-state index contributed by atoms with van der Waals surface area (Å²) in [6, 6.07) is 11.0. The second kappa shape index (κ2) is 4.70. The summed E-state index contributed by atoms with van der Waals surface area (Å²) in [5, 5.41) is 3.95. The molecule has 0 aliphatic heterocycles. The van der Waals surface area contributed by atoms with Crippen LogP contribution in [-0.4, -0.2) is 11.4 Å². The summed E-state index contributed by atoms with van der Waals surface area (Å²) in [5.41, 5.74) is 1.23. The molecule has 0 heterocycles. The lowest BCUT2D eigenvalue weighted by Crippen LogP contribution is -2.26. The summed E-state index contributed by atoms with van der Waals surface area (Å²) < 4.78 is 0. The van der Waals surface area contributed by atoms with Gasteiger partial charge in [0.1, 0.15) is 0 Å². The van der Waals surface area contributed by atoms with Gasteiger partial charge in [-0.15, -0.1) is 11.6 Å². The van der Waals surface area contributed by atoms with Crippen LogP contribution in [0.2, 0.25) is 0 Å². The average Bonchev–Trinajstić information content (AvgIpc) is 2.23. The molecule has 0 aromatic heterocycles. The van der Waals surface area contributed by atoms with E-state index in [0.717, 1.165) is 12.8 Å². The molecule has 1 nitrogen and oxygen atoms in total. The van der Waals surface area contributed by atoms with Crippen LogP contribution in [0.4, 0.5) is 5.69 Å². The molecule has 1 aliphatic rings. The van der Waals surface area contributed by atoms with E-state index in [1.54, 1.807) is 0 Å². The predicted octanol–water partition coefficient (Wildman–Crippen LogP) is 3.65. The molecule has 1 N–H and O–H groups in total. The fourth-order valence-electron chi connectivity index (χ4n) is 1.97. The monoisotopic (exact) mass is 209 g/mol. The van der Waals surface area contributed by atoms with Crippen molar-refractivity contribution < 1.29 is 0 Å². The number of benzene rings is 1. The third-order valence-electron chi connectivity index (χ3n) is 2.80. The molecule has 1 aromatic carbocycles. The van der Waals surface area contributed by atoms with Crippen LogP contribution in [0, 0.1) is 0 Å². The molecule has 2 heteroatoms. The highest BCUT2D eigenvalue weighted by molar-refractivity contribution is 6.20. The van der Waals surface area contributed by atoms with Crippen LogP contribution in [0.15, 0.2) is 30.3 Å². The first-order valence-electron chi connectivity index (χ1n) is 5.30. The average molecular weight is 210 g/mol. The molecule has 0 spiro atoms. The van der Waals surface area contributed by atoms with E-state index in [4.69, 9.17) is 11.6 Å². The molecule has 76 valence electrons. The van der Waals surface area contributed by atoms with Gasteiger partial charge in [-0.3, -0.25) is 0 Å². The van der Waals surface area contributed by atoms with Crippen molar-refractivity contribution in [3.05, 3.63) is 30.3 Å². The summed E-state index contributed by atoms with van der Waals surface area (Å²) in [6.45, 7) is 0. The van der Waals surface area contributed by atoms with Crippen LogP contribution in [0.25, 0.3) is 0 Å². The lowest BCUT2D eigenvalue weighted by atomic mass is 9.95. The van der Waals surface area contributed by atoms with Gasteiger partial charge in [0.2, 0.25) is 0 Å². The number of para-hydroxylation sites is 1. The van der Waals surface area contributed by atoms with Gasteiger partial charge < -0.3 is 5.32 Å². The maximum atomic E-state index is 6.06. The van der Waals surface area contributed by atoms with Crippen molar-refractivity contribution in [3.8, 4) is 0 Å². The Morgan fingerprint density at radius 1 is 1.00 bits per heavy atom. The minimum atomic E-state index is 0.406. The lowest BCUT2D eigenvalue weighted by Gasteiger charge is -2.26. The third-order valence-corrected chi connectivity index (χ3v) is 3.24. The normalized spacial score (nSPS) is 27.2. The number of nitrogens with one attached hydrogen (secondary N) is 1. The van der Waals surface area contributed by atoms with Gasteiger partial charge in [0.15, 0.2) is 0 Å². The number of halogens is 1. The summed E-state index contributed by atoms with van der Waals surface area (Å²) >= 11 is 6.06. The van der Waals surface area contributed by atoms with Gasteiger partial charge in [0.25, 0.3) is 0 Å². The Bertz CT molecular complexity index is 265. The molecule has 0 amide bonds. The van der Waals surface area contributed by atoms with Gasteiger partial charge in [-0.05, 0) is 37.8 Å². The van der Waals surface area contributed by atoms with Crippen LogP contribution >= 0.6 is 11.6 Å². The fourth-order valence-corrected chi connectivity index (χ4v) is 2.22. The van der Waals surface area contributed by atoms with Crippen LogP contribution < -0.4 is 5.32 Å². The Labute approximate surface area is 90.5 Å². The largest absolute Gasteiger partial charge is 0.382 e. The molecule has 14 heavy (non-hydrogen) atoms. The lowest BCUT2D eigenvalue weighted by molar-refractivity contribution is 0.468. The molecule has 2 rings (SSSR count). The molecular weight excluding hydrogens is 194 g/mol. The third kappa shape index (κ3) is 2.65. The van der Waals surface area contributed by atoms with Crippen molar-refractivity contribution >= 4 is 17.3 Å². The molecule has 0 atom stereocenters. The van der Waals surface area contributed by atoms with Gasteiger partial charge in [-0.1, -0.05) is 18.2 Å². The predicted molar refractivity (Wildman–Crippen MR) is 62.0 cm³/mol. The van der Waals surface area contributed by atoms with Gasteiger partial charge >= 0.3 is 0 Å². The van der Waals surface area contributed by atoms with E-state index in [9.17, 15) is 0 Å². The summed E-state index contributed by atoms with van der Waals surface area (Å²) in [5.74, 6) is 0. The van der Waals surface area contributed by atoms with Crippen molar-refractivity contribution in [2.45, 2.75) is 37.1 Å². The standard InChI is InChI=1S/C12H16ClN/c13-10-6-8-12(9-7-10)14-11-4-2-1-3-5-11/h1-5,10,12,14H,6-9H2. The van der Waals surface area contributed by atoms with E-state index < -0.39 is 0 Å². The van der Waals surface area contributed by atoms with Crippen LogP contribution in [0.3, 0.4) is 0 Å². The summed E-state index contributed by atoms with van der Waals surface area (Å²) in [6.07, 6.45) is 4.68. The van der Waals surface area contributed by atoms with Crippen LogP contribution in [0.5, 0.6) is 0 Å². The molecule has 0 saturated heterocycles. The molecule has 0 bridgehead atoms. The number of hydrogen-bond acceptors (Lipinski definition) is 1. The first-order valence-corrected chi connectivity index (χ1v) is 5.74. The zero-order chi connectivity index (χ0) is 9.80. The maximum absolute atomic E-state index is 6.06. The number of alkyl halides is 1. The number of hydrogen-bond donors (Lipinski definition) is 1. The number of rotatable bonds is 2. The molecule has 1 fully saturated rings. The van der Waals surface area contributed by atoms with E-state index in [1.807, 2.05) is 6.07 Å². The van der Waals surface area contributed by atoms with Gasteiger partial charge in [0.05, 0.1) is 0 Å². The highest BCUT2D eigenvalue weighted by Gasteiger charge is 2.18. The molecule has 1 aromatic rings. The Kier molecular flexibility index (Phi) is 3.30. The molecular formula is C12H16ClN. The smallest absolute Gasteiger partial charge is 0.0342 e. The highest BCUT2D eigenvalue weighted by Crippen LogP contribution is 2.25. The first kappa shape index (κ1) is 9.85. The first-order chi connectivity index (χ1) is 6.84.